The van der Waals surface area contributed by atoms with Crippen molar-refractivity contribution in [2.45, 2.75) is 6.36 Å². The number of benzene rings is 1. The predicted octanol–water partition coefficient (Wildman–Crippen LogP) is 4.41. The van der Waals surface area contributed by atoms with Crippen LogP contribution < -0.4 is 4.74 Å². The van der Waals surface area contributed by atoms with Gasteiger partial charge in [0.15, 0.2) is 0 Å². The van der Waals surface area contributed by atoms with E-state index in [1.54, 1.807) is 24.5 Å². The molecule has 1 aromatic carbocycles. The zero-order chi connectivity index (χ0) is 13.2. The number of rotatable bonds is 2. The molecule has 0 aliphatic rings. The highest BCUT2D eigenvalue weighted by Gasteiger charge is 2.31. The Morgan fingerprint density at radius 3 is 2.50 bits per heavy atom. The van der Waals surface area contributed by atoms with Crippen molar-refractivity contribution in [1.29, 1.82) is 0 Å². The zero-order valence-electron chi connectivity index (χ0n) is 8.91. The van der Waals surface area contributed by atoms with E-state index in [2.05, 4.69) is 25.7 Å². The van der Waals surface area contributed by atoms with Gasteiger partial charge in [0.1, 0.15) is 5.75 Å². The van der Waals surface area contributed by atoms with Gasteiger partial charge in [-0.2, -0.15) is 0 Å². The van der Waals surface area contributed by atoms with Crippen molar-refractivity contribution in [3.05, 3.63) is 47.2 Å². The fourth-order valence-corrected chi connectivity index (χ4v) is 1.81. The Kier molecular flexibility index (Phi) is 3.56. The fourth-order valence-electron chi connectivity index (χ4n) is 1.44. The van der Waals surface area contributed by atoms with Crippen LogP contribution in [0.2, 0.25) is 0 Å². The largest absolute Gasteiger partial charge is 0.573 e. The van der Waals surface area contributed by atoms with Crippen LogP contribution in [0.3, 0.4) is 0 Å². The van der Waals surface area contributed by atoms with Crippen LogP contribution in [0.5, 0.6) is 5.75 Å². The Hall–Kier alpha value is -1.56. The Morgan fingerprint density at radius 2 is 1.83 bits per heavy atom. The van der Waals surface area contributed by atoms with Crippen molar-refractivity contribution in [1.82, 2.24) is 4.98 Å². The molecule has 6 heteroatoms. The molecule has 0 bridgehead atoms. The number of aromatic nitrogens is 1. The summed E-state index contributed by atoms with van der Waals surface area (Å²) in [6, 6.07) is 7.52. The quantitative estimate of drug-likeness (QED) is 0.818. The Balaban J connectivity index is 2.33. The van der Waals surface area contributed by atoms with E-state index in [1.807, 2.05) is 0 Å². The van der Waals surface area contributed by atoms with Crippen molar-refractivity contribution in [3.63, 3.8) is 0 Å². The van der Waals surface area contributed by atoms with Gasteiger partial charge in [-0.05, 0) is 39.7 Å². The summed E-state index contributed by atoms with van der Waals surface area (Å²) < 4.78 is 40.9. The molecule has 0 aliphatic carbocycles. The van der Waals surface area contributed by atoms with E-state index in [1.165, 1.54) is 18.2 Å². The second kappa shape index (κ2) is 4.97. The van der Waals surface area contributed by atoms with Crippen molar-refractivity contribution in [2.24, 2.45) is 0 Å². The van der Waals surface area contributed by atoms with Crippen molar-refractivity contribution in [3.8, 4) is 16.9 Å². The standard InChI is InChI=1S/C12H7BrF3NO/c13-10-4-9(6-17-7-10)8-2-1-3-11(5-8)18-12(14,15)16/h1-7H. The molecule has 0 spiro atoms. The summed E-state index contributed by atoms with van der Waals surface area (Å²) in [5.74, 6) is -0.250. The number of nitrogens with zero attached hydrogens (tertiary/aromatic N) is 1. The Morgan fingerprint density at radius 1 is 1.06 bits per heavy atom. The van der Waals surface area contributed by atoms with Crippen LogP contribution in [-0.2, 0) is 0 Å². The molecular formula is C12H7BrF3NO. The summed E-state index contributed by atoms with van der Waals surface area (Å²) >= 11 is 3.25. The number of ether oxygens (including phenoxy) is 1. The lowest BCUT2D eigenvalue weighted by Crippen LogP contribution is -2.17. The molecule has 0 atom stereocenters. The molecule has 0 saturated heterocycles. The summed E-state index contributed by atoms with van der Waals surface area (Å²) in [5, 5.41) is 0. The molecule has 0 unspecified atom stereocenters. The number of hydrogen-bond donors (Lipinski definition) is 0. The molecule has 0 saturated carbocycles. The molecule has 2 nitrogen and oxygen atoms in total. The van der Waals surface area contributed by atoms with Gasteiger partial charge in [0.05, 0.1) is 0 Å². The maximum absolute atomic E-state index is 12.1. The molecule has 2 rings (SSSR count). The summed E-state index contributed by atoms with van der Waals surface area (Å²) in [6.07, 6.45) is -1.52. The van der Waals surface area contributed by atoms with Crippen molar-refractivity contribution >= 4 is 15.9 Å². The SMILES string of the molecule is FC(F)(F)Oc1cccc(-c2cncc(Br)c2)c1. The smallest absolute Gasteiger partial charge is 0.406 e. The lowest BCUT2D eigenvalue weighted by atomic mass is 10.1. The first-order chi connectivity index (χ1) is 8.44. The van der Waals surface area contributed by atoms with Crippen LogP contribution in [0.1, 0.15) is 0 Å². The number of pyridine rings is 1. The van der Waals surface area contributed by atoms with E-state index in [9.17, 15) is 13.2 Å². The molecule has 1 heterocycles. The van der Waals surface area contributed by atoms with Gasteiger partial charge in [-0.3, -0.25) is 4.98 Å². The second-order valence-electron chi connectivity index (χ2n) is 3.47. The van der Waals surface area contributed by atoms with Crippen LogP contribution in [-0.4, -0.2) is 11.3 Å². The molecule has 1 aromatic heterocycles. The monoisotopic (exact) mass is 317 g/mol. The van der Waals surface area contributed by atoms with Gasteiger partial charge >= 0.3 is 6.36 Å². The second-order valence-corrected chi connectivity index (χ2v) is 4.38. The third-order valence-electron chi connectivity index (χ3n) is 2.11. The molecular weight excluding hydrogens is 311 g/mol. The highest BCUT2D eigenvalue weighted by Crippen LogP contribution is 2.28. The van der Waals surface area contributed by atoms with E-state index >= 15 is 0 Å². The molecule has 0 aliphatic heterocycles. The van der Waals surface area contributed by atoms with E-state index in [4.69, 9.17) is 0 Å². The lowest BCUT2D eigenvalue weighted by Gasteiger charge is -2.10. The molecule has 2 aromatic rings. The number of hydrogen-bond acceptors (Lipinski definition) is 2. The van der Waals surface area contributed by atoms with Crippen LogP contribution in [0.15, 0.2) is 47.2 Å². The highest BCUT2D eigenvalue weighted by atomic mass is 79.9. The zero-order valence-corrected chi connectivity index (χ0v) is 10.5. The van der Waals surface area contributed by atoms with E-state index < -0.39 is 6.36 Å². The normalized spacial score (nSPS) is 11.3. The maximum atomic E-state index is 12.1. The molecule has 0 N–H and O–H groups in total. The first kappa shape index (κ1) is 12.9. The molecule has 0 fully saturated rings. The van der Waals surface area contributed by atoms with Crippen molar-refractivity contribution in [2.75, 3.05) is 0 Å². The van der Waals surface area contributed by atoms with Crippen LogP contribution in [0.25, 0.3) is 11.1 Å². The van der Waals surface area contributed by atoms with E-state index in [0.717, 1.165) is 4.47 Å². The average Bonchev–Trinajstić information content (AvgIpc) is 2.27. The Labute approximate surface area is 110 Å². The van der Waals surface area contributed by atoms with Gasteiger partial charge < -0.3 is 4.74 Å². The number of alkyl halides is 3. The minimum atomic E-state index is -4.69. The van der Waals surface area contributed by atoms with Gasteiger partial charge in [-0.1, -0.05) is 12.1 Å². The Bertz CT molecular complexity index is 557. The topological polar surface area (TPSA) is 22.1 Å². The van der Waals surface area contributed by atoms with E-state index in [-0.39, 0.29) is 5.75 Å². The first-order valence-corrected chi connectivity index (χ1v) is 5.70. The van der Waals surface area contributed by atoms with Gasteiger partial charge in [0.25, 0.3) is 0 Å². The third kappa shape index (κ3) is 3.46. The van der Waals surface area contributed by atoms with Gasteiger partial charge in [-0.15, -0.1) is 13.2 Å². The fraction of sp³-hybridized carbons (Fsp3) is 0.0833. The summed E-state index contributed by atoms with van der Waals surface area (Å²) in [7, 11) is 0. The highest BCUT2D eigenvalue weighted by molar-refractivity contribution is 9.10. The predicted molar refractivity (Wildman–Crippen MR) is 64.1 cm³/mol. The lowest BCUT2D eigenvalue weighted by molar-refractivity contribution is -0.274. The van der Waals surface area contributed by atoms with Gasteiger partial charge in [0.2, 0.25) is 0 Å². The summed E-state index contributed by atoms with van der Waals surface area (Å²) in [4.78, 5) is 3.95. The van der Waals surface area contributed by atoms with E-state index in [0.29, 0.717) is 11.1 Å². The minimum absolute atomic E-state index is 0.250. The van der Waals surface area contributed by atoms with Crippen LogP contribution >= 0.6 is 15.9 Å². The number of halogens is 4. The molecule has 0 amide bonds. The third-order valence-corrected chi connectivity index (χ3v) is 2.54. The maximum Gasteiger partial charge on any atom is 0.573 e. The van der Waals surface area contributed by atoms with Crippen molar-refractivity contribution < 1.29 is 17.9 Å². The molecule has 18 heavy (non-hydrogen) atoms. The summed E-state index contributed by atoms with van der Waals surface area (Å²) in [5.41, 5.74) is 1.31. The minimum Gasteiger partial charge on any atom is -0.406 e. The van der Waals surface area contributed by atoms with Crippen LogP contribution in [0, 0.1) is 0 Å². The molecule has 94 valence electrons. The van der Waals surface area contributed by atoms with Gasteiger partial charge in [-0.25, -0.2) is 0 Å². The van der Waals surface area contributed by atoms with Gasteiger partial charge in [0, 0.05) is 22.4 Å². The summed E-state index contributed by atoms with van der Waals surface area (Å²) in [6.45, 7) is 0. The average molecular weight is 318 g/mol. The van der Waals surface area contributed by atoms with Crippen LogP contribution in [0.4, 0.5) is 13.2 Å². The first-order valence-electron chi connectivity index (χ1n) is 4.91. The molecule has 0 radical (unpaired) electrons.